The number of esters is 1. The van der Waals surface area contributed by atoms with Crippen molar-refractivity contribution < 1.29 is 19.1 Å². The molecule has 1 rings (SSSR count). The molecule has 1 aliphatic carbocycles. The van der Waals surface area contributed by atoms with Crippen molar-refractivity contribution in [1.29, 1.82) is 0 Å². The quantitative estimate of drug-likeness (QED) is 0.320. The molecule has 0 aromatic heterocycles. The summed E-state index contributed by atoms with van der Waals surface area (Å²) in [5.41, 5.74) is 0. The molecule has 1 unspecified atom stereocenters. The topological polar surface area (TPSA) is 84.5 Å². The standard InChI is InChI=1S/C24H44N2O4/c1-5-7-8-9-10-11-19-12-14-20(15-13-19)23(28)26-21(16-18(3)4)24(29)25-17-22(27)30-6-2/h18-21H,5-17H2,1-4H3,(H,25,29)(H,26,28). The molecule has 0 bridgehead atoms. The van der Waals surface area contributed by atoms with Crippen LogP contribution in [-0.4, -0.2) is 37.0 Å². The zero-order chi connectivity index (χ0) is 22.4. The van der Waals surface area contributed by atoms with Crippen molar-refractivity contribution >= 4 is 17.8 Å². The molecule has 0 spiro atoms. The highest BCUT2D eigenvalue weighted by molar-refractivity contribution is 5.90. The molecule has 0 aromatic carbocycles. The van der Waals surface area contributed by atoms with Gasteiger partial charge in [0.1, 0.15) is 12.6 Å². The highest BCUT2D eigenvalue weighted by Gasteiger charge is 2.29. The normalized spacial score (nSPS) is 19.9. The Morgan fingerprint density at radius 1 is 0.967 bits per heavy atom. The smallest absolute Gasteiger partial charge is 0.325 e. The predicted octanol–water partition coefficient (Wildman–Crippen LogP) is 4.36. The maximum atomic E-state index is 12.8. The highest BCUT2D eigenvalue weighted by Crippen LogP contribution is 2.32. The van der Waals surface area contributed by atoms with Crippen LogP contribution in [0.4, 0.5) is 0 Å². The van der Waals surface area contributed by atoms with Crippen LogP contribution in [0.1, 0.15) is 98.3 Å². The Hall–Kier alpha value is -1.59. The molecule has 174 valence electrons. The number of amides is 2. The van der Waals surface area contributed by atoms with Crippen molar-refractivity contribution in [1.82, 2.24) is 10.6 Å². The van der Waals surface area contributed by atoms with Crippen LogP contribution in [0.5, 0.6) is 0 Å². The lowest BCUT2D eigenvalue weighted by Gasteiger charge is -2.29. The summed E-state index contributed by atoms with van der Waals surface area (Å²) in [6.07, 6.45) is 12.4. The van der Waals surface area contributed by atoms with E-state index in [1.807, 2.05) is 13.8 Å². The summed E-state index contributed by atoms with van der Waals surface area (Å²) >= 11 is 0. The van der Waals surface area contributed by atoms with Crippen LogP contribution in [-0.2, 0) is 19.1 Å². The fraction of sp³-hybridized carbons (Fsp3) is 0.875. The minimum atomic E-state index is -0.608. The lowest BCUT2D eigenvalue weighted by Crippen LogP contribution is -2.50. The zero-order valence-electron chi connectivity index (χ0n) is 19.6. The van der Waals surface area contributed by atoms with Crippen LogP contribution in [0.15, 0.2) is 0 Å². The van der Waals surface area contributed by atoms with Gasteiger partial charge < -0.3 is 15.4 Å². The van der Waals surface area contributed by atoms with Crippen molar-refractivity contribution in [3.05, 3.63) is 0 Å². The lowest BCUT2D eigenvalue weighted by molar-refractivity contribution is -0.143. The molecule has 1 atom stereocenters. The first-order chi connectivity index (χ1) is 14.4. The van der Waals surface area contributed by atoms with Crippen molar-refractivity contribution in [2.75, 3.05) is 13.2 Å². The molecule has 6 nitrogen and oxygen atoms in total. The van der Waals surface area contributed by atoms with Gasteiger partial charge in [-0.1, -0.05) is 59.3 Å². The average Bonchev–Trinajstić information content (AvgIpc) is 2.71. The van der Waals surface area contributed by atoms with Crippen LogP contribution >= 0.6 is 0 Å². The Balaban J connectivity index is 2.42. The third-order valence-electron chi connectivity index (χ3n) is 5.99. The molecule has 0 aliphatic heterocycles. The molecular formula is C24H44N2O4. The Morgan fingerprint density at radius 3 is 2.23 bits per heavy atom. The lowest BCUT2D eigenvalue weighted by atomic mass is 9.79. The third-order valence-corrected chi connectivity index (χ3v) is 5.99. The molecule has 0 saturated heterocycles. The third kappa shape index (κ3) is 11.0. The van der Waals surface area contributed by atoms with Gasteiger partial charge in [-0.3, -0.25) is 14.4 Å². The summed E-state index contributed by atoms with van der Waals surface area (Å²) in [4.78, 5) is 36.8. The average molecular weight is 425 g/mol. The van der Waals surface area contributed by atoms with E-state index in [-0.39, 0.29) is 36.8 Å². The number of unbranched alkanes of at least 4 members (excludes halogenated alkanes) is 4. The summed E-state index contributed by atoms with van der Waals surface area (Å²) in [6.45, 7) is 8.11. The van der Waals surface area contributed by atoms with Crippen LogP contribution in [0.25, 0.3) is 0 Å². The van der Waals surface area contributed by atoms with E-state index in [0.29, 0.717) is 6.42 Å². The highest BCUT2D eigenvalue weighted by atomic mass is 16.5. The summed E-state index contributed by atoms with van der Waals surface area (Å²) in [6, 6.07) is -0.608. The van der Waals surface area contributed by atoms with E-state index in [0.717, 1.165) is 31.6 Å². The first kappa shape index (κ1) is 26.4. The van der Waals surface area contributed by atoms with Gasteiger partial charge >= 0.3 is 5.97 Å². The second-order valence-electron chi connectivity index (χ2n) is 9.13. The van der Waals surface area contributed by atoms with Crippen molar-refractivity contribution in [3.63, 3.8) is 0 Å². The summed E-state index contributed by atoms with van der Waals surface area (Å²) in [5, 5.41) is 5.55. The molecule has 2 N–H and O–H groups in total. The van der Waals surface area contributed by atoms with Gasteiger partial charge in [-0.2, -0.15) is 0 Å². The predicted molar refractivity (Wildman–Crippen MR) is 120 cm³/mol. The van der Waals surface area contributed by atoms with Gasteiger partial charge in [0, 0.05) is 5.92 Å². The maximum Gasteiger partial charge on any atom is 0.325 e. The van der Waals surface area contributed by atoms with Gasteiger partial charge in [0.2, 0.25) is 11.8 Å². The second-order valence-corrected chi connectivity index (χ2v) is 9.13. The molecule has 1 aliphatic rings. The molecular weight excluding hydrogens is 380 g/mol. The van der Waals surface area contributed by atoms with Gasteiger partial charge in [0.05, 0.1) is 6.61 Å². The van der Waals surface area contributed by atoms with Gasteiger partial charge in [-0.15, -0.1) is 0 Å². The number of hydrogen-bond acceptors (Lipinski definition) is 4. The second kappa shape index (κ2) is 15.2. The van der Waals surface area contributed by atoms with E-state index in [2.05, 4.69) is 17.6 Å². The van der Waals surface area contributed by atoms with Gasteiger partial charge in [0.15, 0.2) is 0 Å². The Kier molecular flexibility index (Phi) is 13.4. The van der Waals surface area contributed by atoms with Crippen LogP contribution < -0.4 is 10.6 Å². The van der Waals surface area contributed by atoms with E-state index in [1.54, 1.807) is 6.92 Å². The fourth-order valence-electron chi connectivity index (χ4n) is 4.24. The van der Waals surface area contributed by atoms with Crippen LogP contribution in [0, 0.1) is 17.8 Å². The van der Waals surface area contributed by atoms with Crippen molar-refractivity contribution in [2.45, 2.75) is 104 Å². The molecule has 1 saturated carbocycles. The number of ether oxygens (including phenoxy) is 1. The minimum Gasteiger partial charge on any atom is -0.465 e. The first-order valence-electron chi connectivity index (χ1n) is 12.1. The molecule has 6 heteroatoms. The van der Waals surface area contributed by atoms with E-state index < -0.39 is 12.0 Å². The van der Waals surface area contributed by atoms with Crippen molar-refractivity contribution in [3.8, 4) is 0 Å². The van der Waals surface area contributed by atoms with Crippen molar-refractivity contribution in [2.24, 2.45) is 17.8 Å². The number of hydrogen-bond donors (Lipinski definition) is 2. The number of carbonyl (C=O) groups excluding carboxylic acids is 3. The van der Waals surface area contributed by atoms with Crippen LogP contribution in [0.2, 0.25) is 0 Å². The van der Waals surface area contributed by atoms with Gasteiger partial charge in [0.25, 0.3) is 0 Å². The summed E-state index contributed by atoms with van der Waals surface area (Å²) < 4.78 is 4.85. The van der Waals surface area contributed by atoms with Gasteiger partial charge in [-0.05, 0) is 50.9 Å². The Labute approximate surface area is 183 Å². The molecule has 0 aromatic rings. The summed E-state index contributed by atoms with van der Waals surface area (Å²) in [5.74, 6) is 0.198. The zero-order valence-corrected chi connectivity index (χ0v) is 19.6. The molecule has 1 fully saturated rings. The van der Waals surface area contributed by atoms with E-state index in [4.69, 9.17) is 4.74 Å². The summed E-state index contributed by atoms with van der Waals surface area (Å²) in [7, 11) is 0. The number of nitrogens with one attached hydrogen (secondary N) is 2. The SMILES string of the molecule is CCCCCCCC1CCC(C(=O)NC(CC(C)C)C(=O)NCC(=O)OCC)CC1. The Morgan fingerprint density at radius 2 is 1.63 bits per heavy atom. The fourth-order valence-corrected chi connectivity index (χ4v) is 4.24. The molecule has 0 heterocycles. The minimum absolute atomic E-state index is 0.00568. The largest absolute Gasteiger partial charge is 0.465 e. The monoisotopic (exact) mass is 424 g/mol. The number of carbonyl (C=O) groups is 3. The van der Waals surface area contributed by atoms with E-state index >= 15 is 0 Å². The molecule has 2 amide bonds. The number of rotatable bonds is 14. The first-order valence-corrected chi connectivity index (χ1v) is 12.1. The van der Waals surface area contributed by atoms with E-state index in [9.17, 15) is 14.4 Å². The van der Waals surface area contributed by atoms with Gasteiger partial charge in [-0.25, -0.2) is 0 Å². The van der Waals surface area contributed by atoms with E-state index in [1.165, 1.54) is 38.5 Å². The molecule has 0 radical (unpaired) electrons. The molecule has 30 heavy (non-hydrogen) atoms. The maximum absolute atomic E-state index is 12.8. The Bertz CT molecular complexity index is 513. The van der Waals surface area contributed by atoms with Crippen LogP contribution in [0.3, 0.4) is 0 Å².